The number of halogens is 1. The third-order valence-corrected chi connectivity index (χ3v) is 4.15. The van der Waals surface area contributed by atoms with Gasteiger partial charge in [-0.1, -0.05) is 6.07 Å². The van der Waals surface area contributed by atoms with Crippen LogP contribution >= 0.6 is 22.6 Å². The van der Waals surface area contributed by atoms with Crippen molar-refractivity contribution in [1.29, 1.82) is 0 Å². The lowest BCUT2D eigenvalue weighted by atomic mass is 10.0. The van der Waals surface area contributed by atoms with E-state index in [2.05, 4.69) is 27.6 Å². The molecule has 0 radical (unpaired) electrons. The van der Waals surface area contributed by atoms with Crippen LogP contribution in [0.2, 0.25) is 0 Å². The number of aromatic amines is 1. The zero-order valence-corrected chi connectivity index (χ0v) is 11.6. The number of nitrogens with one attached hydrogen (secondary N) is 1. The Morgan fingerprint density at radius 3 is 3.06 bits per heavy atom. The van der Waals surface area contributed by atoms with Gasteiger partial charge in [0.15, 0.2) is 5.43 Å². The van der Waals surface area contributed by atoms with Gasteiger partial charge in [0, 0.05) is 21.2 Å². The topological polar surface area (TPSA) is 42.1 Å². The Balaban J connectivity index is 2.48. The van der Waals surface area contributed by atoms with Crippen LogP contribution in [0.15, 0.2) is 16.9 Å². The minimum atomic E-state index is 0.126. The van der Waals surface area contributed by atoms with Gasteiger partial charge in [-0.05, 0) is 41.1 Å². The van der Waals surface area contributed by atoms with Gasteiger partial charge >= 0.3 is 0 Å². The van der Waals surface area contributed by atoms with E-state index in [-0.39, 0.29) is 5.43 Å². The molecule has 0 bridgehead atoms. The minimum Gasteiger partial charge on any atom is -0.376 e. The molecular formula is C13H12INO2. The fraction of sp³-hybridized carbons (Fsp3) is 0.308. The molecule has 1 aliphatic heterocycles. The predicted octanol–water partition coefficient (Wildman–Crippen LogP) is 2.51. The Labute approximate surface area is 112 Å². The standard InChI is InChI=1S/C13H12INO2/c1-7-2-3-9(14)11-12(7)15-10-4-5-17-6-8(10)13(11)16/h2-3H,4-6H2,1H3,(H,15,16). The fourth-order valence-corrected chi connectivity index (χ4v) is 2.99. The number of rotatable bonds is 0. The normalized spacial score (nSPS) is 14.9. The second-order valence-corrected chi connectivity index (χ2v) is 5.49. The number of aromatic nitrogens is 1. The molecule has 3 nitrogen and oxygen atoms in total. The van der Waals surface area contributed by atoms with Crippen LogP contribution < -0.4 is 5.43 Å². The number of ether oxygens (including phenoxy) is 1. The summed E-state index contributed by atoms with van der Waals surface area (Å²) in [5.74, 6) is 0. The summed E-state index contributed by atoms with van der Waals surface area (Å²) < 4.78 is 6.37. The summed E-state index contributed by atoms with van der Waals surface area (Å²) in [7, 11) is 0. The molecule has 0 saturated carbocycles. The van der Waals surface area contributed by atoms with Crippen molar-refractivity contribution in [3.63, 3.8) is 0 Å². The third-order valence-electron chi connectivity index (χ3n) is 3.25. The molecule has 1 N–H and O–H groups in total. The molecule has 0 aliphatic carbocycles. The first-order valence-electron chi connectivity index (χ1n) is 5.59. The number of H-pyrrole nitrogens is 1. The Hall–Kier alpha value is -0.880. The maximum atomic E-state index is 12.4. The van der Waals surface area contributed by atoms with Crippen molar-refractivity contribution in [2.75, 3.05) is 6.61 Å². The second kappa shape index (κ2) is 4.10. The minimum absolute atomic E-state index is 0.126. The largest absolute Gasteiger partial charge is 0.376 e. The summed E-state index contributed by atoms with van der Waals surface area (Å²) >= 11 is 2.21. The summed E-state index contributed by atoms with van der Waals surface area (Å²) in [4.78, 5) is 15.9. The van der Waals surface area contributed by atoms with Gasteiger partial charge < -0.3 is 9.72 Å². The molecule has 1 aromatic carbocycles. The van der Waals surface area contributed by atoms with Gasteiger partial charge in [-0.3, -0.25) is 4.79 Å². The lowest BCUT2D eigenvalue weighted by Gasteiger charge is -2.17. The predicted molar refractivity (Wildman–Crippen MR) is 75.4 cm³/mol. The number of benzene rings is 1. The molecule has 2 heterocycles. The zero-order chi connectivity index (χ0) is 12.0. The number of fused-ring (bicyclic) bond motifs is 2. The van der Waals surface area contributed by atoms with Gasteiger partial charge in [0.2, 0.25) is 0 Å². The lowest BCUT2D eigenvalue weighted by molar-refractivity contribution is 0.108. The Morgan fingerprint density at radius 2 is 2.24 bits per heavy atom. The van der Waals surface area contributed by atoms with Gasteiger partial charge in [0.25, 0.3) is 0 Å². The van der Waals surface area contributed by atoms with E-state index >= 15 is 0 Å². The molecular weight excluding hydrogens is 329 g/mol. The summed E-state index contributed by atoms with van der Waals surface area (Å²) in [6.45, 7) is 3.15. The van der Waals surface area contributed by atoms with Gasteiger partial charge in [0.1, 0.15) is 0 Å². The molecule has 0 saturated heterocycles. The third kappa shape index (κ3) is 1.70. The molecule has 3 rings (SSSR count). The van der Waals surface area contributed by atoms with E-state index in [0.29, 0.717) is 13.2 Å². The molecule has 0 fully saturated rings. The Bertz CT molecular complexity index is 660. The molecule has 1 aromatic heterocycles. The van der Waals surface area contributed by atoms with E-state index in [1.54, 1.807) is 0 Å². The highest BCUT2D eigenvalue weighted by molar-refractivity contribution is 14.1. The maximum Gasteiger partial charge on any atom is 0.196 e. The van der Waals surface area contributed by atoms with Crippen LogP contribution in [-0.2, 0) is 17.8 Å². The van der Waals surface area contributed by atoms with Crippen LogP contribution in [0.25, 0.3) is 10.9 Å². The Morgan fingerprint density at radius 1 is 1.41 bits per heavy atom. The number of aryl methyl sites for hydroxylation is 1. The van der Waals surface area contributed by atoms with E-state index in [4.69, 9.17) is 4.74 Å². The highest BCUT2D eigenvalue weighted by atomic mass is 127. The van der Waals surface area contributed by atoms with Crippen molar-refractivity contribution in [2.45, 2.75) is 20.0 Å². The van der Waals surface area contributed by atoms with Crippen LogP contribution in [-0.4, -0.2) is 11.6 Å². The first-order chi connectivity index (χ1) is 8.18. The number of pyridine rings is 1. The van der Waals surface area contributed by atoms with Crippen molar-refractivity contribution in [3.8, 4) is 0 Å². The van der Waals surface area contributed by atoms with Crippen LogP contribution in [0.3, 0.4) is 0 Å². The first-order valence-corrected chi connectivity index (χ1v) is 6.67. The lowest BCUT2D eigenvalue weighted by Crippen LogP contribution is -2.22. The van der Waals surface area contributed by atoms with Crippen molar-refractivity contribution in [2.24, 2.45) is 0 Å². The Kier molecular flexibility index (Phi) is 2.71. The number of hydrogen-bond donors (Lipinski definition) is 1. The molecule has 17 heavy (non-hydrogen) atoms. The zero-order valence-electron chi connectivity index (χ0n) is 9.47. The highest BCUT2D eigenvalue weighted by Crippen LogP contribution is 2.22. The van der Waals surface area contributed by atoms with E-state index in [1.807, 2.05) is 19.1 Å². The fourth-order valence-electron chi connectivity index (χ4n) is 2.29. The molecule has 0 atom stereocenters. The second-order valence-electron chi connectivity index (χ2n) is 4.33. The molecule has 88 valence electrons. The highest BCUT2D eigenvalue weighted by Gasteiger charge is 2.17. The van der Waals surface area contributed by atoms with Crippen molar-refractivity contribution < 1.29 is 4.74 Å². The van der Waals surface area contributed by atoms with Crippen LogP contribution in [0.5, 0.6) is 0 Å². The summed E-state index contributed by atoms with van der Waals surface area (Å²) in [6, 6.07) is 4.04. The van der Waals surface area contributed by atoms with Crippen LogP contribution in [0.4, 0.5) is 0 Å². The average Bonchev–Trinajstić information content (AvgIpc) is 2.34. The summed E-state index contributed by atoms with van der Waals surface area (Å²) in [6.07, 6.45) is 0.797. The van der Waals surface area contributed by atoms with Gasteiger partial charge in [-0.15, -0.1) is 0 Å². The van der Waals surface area contributed by atoms with E-state index in [1.165, 1.54) is 0 Å². The smallest absolute Gasteiger partial charge is 0.196 e. The van der Waals surface area contributed by atoms with Gasteiger partial charge in [0.05, 0.1) is 24.1 Å². The van der Waals surface area contributed by atoms with E-state index in [0.717, 1.165) is 37.7 Å². The van der Waals surface area contributed by atoms with Crippen molar-refractivity contribution in [3.05, 3.63) is 42.7 Å². The SMILES string of the molecule is Cc1ccc(I)c2c(=O)c3c([nH]c12)CCOC3. The molecule has 2 aromatic rings. The van der Waals surface area contributed by atoms with E-state index in [9.17, 15) is 4.79 Å². The first kappa shape index (κ1) is 11.2. The van der Waals surface area contributed by atoms with Crippen LogP contribution in [0, 0.1) is 10.5 Å². The maximum absolute atomic E-state index is 12.4. The molecule has 4 heteroatoms. The van der Waals surface area contributed by atoms with Crippen molar-refractivity contribution in [1.82, 2.24) is 4.98 Å². The molecule has 0 amide bonds. The van der Waals surface area contributed by atoms with E-state index < -0.39 is 0 Å². The van der Waals surface area contributed by atoms with Crippen LogP contribution in [0.1, 0.15) is 16.8 Å². The monoisotopic (exact) mass is 341 g/mol. The summed E-state index contributed by atoms with van der Waals surface area (Å²) in [5.41, 5.74) is 4.06. The average molecular weight is 341 g/mol. The molecule has 0 spiro atoms. The molecule has 1 aliphatic rings. The van der Waals surface area contributed by atoms with Gasteiger partial charge in [-0.2, -0.15) is 0 Å². The molecule has 0 unspecified atom stereocenters. The quantitative estimate of drug-likeness (QED) is 0.749. The van der Waals surface area contributed by atoms with Gasteiger partial charge in [-0.25, -0.2) is 0 Å². The number of hydrogen-bond acceptors (Lipinski definition) is 2. The van der Waals surface area contributed by atoms with Crippen molar-refractivity contribution >= 4 is 33.5 Å². The summed E-state index contributed by atoms with van der Waals surface area (Å²) in [5, 5.41) is 0.801.